The number of imidazole rings is 1. The van der Waals surface area contributed by atoms with Crippen LogP contribution in [0.5, 0.6) is 0 Å². The fourth-order valence-electron chi connectivity index (χ4n) is 1.92. The van der Waals surface area contributed by atoms with Gasteiger partial charge in [-0.3, -0.25) is 0 Å². The van der Waals surface area contributed by atoms with Gasteiger partial charge in [0.05, 0.1) is 12.4 Å². The minimum absolute atomic E-state index is 0.192. The van der Waals surface area contributed by atoms with Crippen molar-refractivity contribution in [3.63, 3.8) is 0 Å². The highest BCUT2D eigenvalue weighted by atomic mass is 19.1. The van der Waals surface area contributed by atoms with Crippen molar-refractivity contribution in [2.45, 2.75) is 25.6 Å². The first-order valence-electron chi connectivity index (χ1n) is 6.28. The molecule has 2 N–H and O–H groups in total. The van der Waals surface area contributed by atoms with Gasteiger partial charge in [-0.05, 0) is 24.6 Å². The third kappa shape index (κ3) is 4.15. The molecule has 2 unspecified atom stereocenters. The fraction of sp³-hybridized carbons (Fsp3) is 0.357. The number of halogens is 1. The monoisotopic (exact) mass is 263 g/mol. The summed E-state index contributed by atoms with van der Waals surface area (Å²) in [4.78, 5) is 3.97. The molecule has 0 radical (unpaired) electrons. The molecular formula is C14H18FN3O. The third-order valence-electron chi connectivity index (χ3n) is 2.94. The number of nitrogens with one attached hydrogen (secondary N) is 1. The Morgan fingerprint density at radius 1 is 1.47 bits per heavy atom. The zero-order valence-corrected chi connectivity index (χ0v) is 10.8. The molecule has 0 aliphatic heterocycles. The summed E-state index contributed by atoms with van der Waals surface area (Å²) in [5, 5.41) is 13.2. The Kier molecular flexibility index (Phi) is 4.65. The van der Waals surface area contributed by atoms with Gasteiger partial charge in [-0.15, -0.1) is 0 Å². The first kappa shape index (κ1) is 13.7. The van der Waals surface area contributed by atoms with Crippen LogP contribution in [0, 0.1) is 5.82 Å². The second-order valence-electron chi connectivity index (χ2n) is 4.64. The average molecular weight is 263 g/mol. The van der Waals surface area contributed by atoms with Gasteiger partial charge in [0.25, 0.3) is 0 Å². The number of hydrogen-bond donors (Lipinski definition) is 2. The van der Waals surface area contributed by atoms with Crippen molar-refractivity contribution in [3.05, 3.63) is 54.4 Å². The van der Waals surface area contributed by atoms with Crippen molar-refractivity contribution in [2.24, 2.45) is 0 Å². The normalized spacial score (nSPS) is 14.3. The van der Waals surface area contributed by atoms with Crippen LogP contribution in [-0.4, -0.2) is 27.2 Å². The van der Waals surface area contributed by atoms with E-state index in [-0.39, 0.29) is 11.9 Å². The van der Waals surface area contributed by atoms with Crippen molar-refractivity contribution in [1.82, 2.24) is 14.9 Å². The van der Waals surface area contributed by atoms with Gasteiger partial charge in [0, 0.05) is 31.5 Å². The topological polar surface area (TPSA) is 50.1 Å². The molecule has 0 saturated carbocycles. The maximum absolute atomic E-state index is 13.0. The first-order chi connectivity index (χ1) is 9.15. The van der Waals surface area contributed by atoms with Gasteiger partial charge in [-0.25, -0.2) is 9.37 Å². The molecular weight excluding hydrogens is 245 g/mol. The maximum atomic E-state index is 13.0. The molecule has 2 atom stereocenters. The smallest absolute Gasteiger partial charge is 0.123 e. The predicted octanol–water partition coefficient (Wildman–Crippen LogP) is 1.73. The molecule has 0 fully saturated rings. The molecule has 19 heavy (non-hydrogen) atoms. The molecule has 0 aliphatic carbocycles. The molecule has 0 bridgehead atoms. The Bertz CT molecular complexity index is 501. The van der Waals surface area contributed by atoms with Gasteiger partial charge in [-0.1, -0.05) is 12.1 Å². The number of rotatable bonds is 6. The lowest BCUT2D eigenvalue weighted by molar-refractivity contribution is 0.169. The highest BCUT2D eigenvalue weighted by Crippen LogP contribution is 2.13. The number of benzene rings is 1. The zero-order valence-electron chi connectivity index (χ0n) is 10.8. The minimum atomic E-state index is -0.707. The van der Waals surface area contributed by atoms with Crippen molar-refractivity contribution in [1.29, 1.82) is 0 Å². The molecule has 1 aromatic heterocycles. The molecule has 102 valence electrons. The zero-order chi connectivity index (χ0) is 13.7. The summed E-state index contributed by atoms with van der Waals surface area (Å²) in [6.45, 7) is 3.19. The number of aliphatic hydroxyl groups excluding tert-OH is 1. The van der Waals surface area contributed by atoms with Crippen LogP contribution < -0.4 is 5.32 Å². The number of hydrogen-bond acceptors (Lipinski definition) is 3. The molecule has 0 spiro atoms. The summed E-state index contributed by atoms with van der Waals surface area (Å²) in [5.74, 6) is -0.331. The summed E-state index contributed by atoms with van der Waals surface area (Å²) in [5.41, 5.74) is 0.585. The van der Waals surface area contributed by atoms with Crippen LogP contribution >= 0.6 is 0 Å². The van der Waals surface area contributed by atoms with E-state index in [1.54, 1.807) is 24.7 Å². The van der Waals surface area contributed by atoms with Crippen LogP contribution in [0.15, 0.2) is 43.0 Å². The van der Waals surface area contributed by atoms with Crippen LogP contribution in [0.2, 0.25) is 0 Å². The predicted molar refractivity (Wildman–Crippen MR) is 71.1 cm³/mol. The van der Waals surface area contributed by atoms with Gasteiger partial charge in [0.15, 0.2) is 0 Å². The van der Waals surface area contributed by atoms with Crippen LogP contribution in [-0.2, 0) is 6.54 Å². The lowest BCUT2D eigenvalue weighted by atomic mass is 10.1. The summed E-state index contributed by atoms with van der Waals surface area (Å²) >= 11 is 0. The molecule has 4 nitrogen and oxygen atoms in total. The summed E-state index contributed by atoms with van der Waals surface area (Å²) in [6, 6.07) is 6.23. The molecule has 0 aliphatic rings. The molecule has 2 rings (SSSR count). The van der Waals surface area contributed by atoms with Gasteiger partial charge >= 0.3 is 0 Å². The number of aliphatic hydroxyl groups is 1. The Morgan fingerprint density at radius 2 is 2.32 bits per heavy atom. The van der Waals surface area contributed by atoms with E-state index in [0.717, 1.165) is 6.54 Å². The van der Waals surface area contributed by atoms with E-state index in [1.165, 1.54) is 12.1 Å². The van der Waals surface area contributed by atoms with E-state index in [4.69, 9.17) is 0 Å². The SMILES string of the molecule is CC(Cn1ccnc1)NCC(O)c1cccc(F)c1. The van der Waals surface area contributed by atoms with Gasteiger partial charge in [0.2, 0.25) is 0 Å². The lowest BCUT2D eigenvalue weighted by Gasteiger charge is -2.17. The van der Waals surface area contributed by atoms with E-state index in [0.29, 0.717) is 12.1 Å². The summed E-state index contributed by atoms with van der Waals surface area (Å²) in [6.07, 6.45) is 4.66. The molecule has 2 aromatic rings. The summed E-state index contributed by atoms with van der Waals surface area (Å²) in [7, 11) is 0. The quantitative estimate of drug-likeness (QED) is 0.834. The maximum Gasteiger partial charge on any atom is 0.123 e. The standard InChI is InChI=1S/C14H18FN3O/c1-11(9-18-6-5-16-10-18)17-8-14(19)12-3-2-4-13(15)7-12/h2-7,10-11,14,17,19H,8-9H2,1H3. The van der Waals surface area contributed by atoms with Crippen molar-refractivity contribution in [3.8, 4) is 0 Å². The number of aromatic nitrogens is 2. The highest BCUT2D eigenvalue weighted by molar-refractivity contribution is 5.18. The van der Waals surface area contributed by atoms with E-state index < -0.39 is 6.10 Å². The summed E-state index contributed by atoms with van der Waals surface area (Å²) < 4.78 is 15.0. The van der Waals surface area contributed by atoms with Crippen molar-refractivity contribution in [2.75, 3.05) is 6.54 Å². The minimum Gasteiger partial charge on any atom is -0.387 e. The van der Waals surface area contributed by atoms with E-state index in [1.807, 2.05) is 17.7 Å². The van der Waals surface area contributed by atoms with Crippen LogP contribution in [0.25, 0.3) is 0 Å². The largest absolute Gasteiger partial charge is 0.387 e. The average Bonchev–Trinajstić information content (AvgIpc) is 2.88. The molecule has 0 saturated heterocycles. The Balaban J connectivity index is 1.81. The third-order valence-corrected chi connectivity index (χ3v) is 2.94. The fourth-order valence-corrected chi connectivity index (χ4v) is 1.92. The second kappa shape index (κ2) is 6.45. The van der Waals surface area contributed by atoms with E-state index in [2.05, 4.69) is 10.3 Å². The Morgan fingerprint density at radius 3 is 3.00 bits per heavy atom. The lowest BCUT2D eigenvalue weighted by Crippen LogP contribution is -2.33. The second-order valence-corrected chi connectivity index (χ2v) is 4.64. The van der Waals surface area contributed by atoms with Gasteiger partial charge in [0.1, 0.15) is 5.82 Å². The van der Waals surface area contributed by atoms with Crippen LogP contribution in [0.4, 0.5) is 4.39 Å². The molecule has 0 amide bonds. The van der Waals surface area contributed by atoms with Crippen LogP contribution in [0.1, 0.15) is 18.6 Å². The van der Waals surface area contributed by atoms with Crippen LogP contribution in [0.3, 0.4) is 0 Å². The van der Waals surface area contributed by atoms with E-state index in [9.17, 15) is 9.50 Å². The first-order valence-corrected chi connectivity index (χ1v) is 6.28. The number of nitrogens with zero attached hydrogens (tertiary/aromatic N) is 2. The van der Waals surface area contributed by atoms with Gasteiger partial charge < -0.3 is 15.0 Å². The Labute approximate surface area is 111 Å². The Hall–Kier alpha value is -1.72. The van der Waals surface area contributed by atoms with Crippen molar-refractivity contribution >= 4 is 0 Å². The molecule has 1 aromatic carbocycles. The van der Waals surface area contributed by atoms with Gasteiger partial charge in [-0.2, -0.15) is 0 Å². The highest BCUT2D eigenvalue weighted by Gasteiger charge is 2.10. The molecule has 5 heteroatoms. The van der Waals surface area contributed by atoms with E-state index >= 15 is 0 Å². The molecule has 1 heterocycles. The van der Waals surface area contributed by atoms with Crippen molar-refractivity contribution < 1.29 is 9.50 Å².